The summed E-state index contributed by atoms with van der Waals surface area (Å²) in [5, 5.41) is 8.49. The Morgan fingerprint density at radius 1 is 1.03 bits per heavy atom. The molecule has 2 aromatic rings. The SMILES string of the molecule is Cc1ccc(COC(=O)N2CCN(c3ccc(/C=C/C(=O)NO)cc3)CC2)cc1. The van der Waals surface area contributed by atoms with Gasteiger partial charge in [0.25, 0.3) is 5.91 Å². The Labute approximate surface area is 170 Å². The van der Waals surface area contributed by atoms with Crippen molar-refractivity contribution in [3.8, 4) is 0 Å². The molecule has 1 fully saturated rings. The van der Waals surface area contributed by atoms with E-state index in [0.717, 1.165) is 29.9 Å². The Balaban J connectivity index is 1.47. The number of piperazine rings is 1. The number of nitrogens with zero attached hydrogens (tertiary/aromatic N) is 2. The van der Waals surface area contributed by atoms with Gasteiger partial charge in [-0.3, -0.25) is 10.0 Å². The predicted molar refractivity (Wildman–Crippen MR) is 111 cm³/mol. The third-order valence-electron chi connectivity index (χ3n) is 4.82. The Hall–Kier alpha value is -3.32. The molecular weight excluding hydrogens is 370 g/mol. The van der Waals surface area contributed by atoms with Gasteiger partial charge >= 0.3 is 6.09 Å². The van der Waals surface area contributed by atoms with E-state index in [0.29, 0.717) is 13.1 Å². The molecule has 3 rings (SSSR count). The molecule has 2 N–H and O–H groups in total. The Bertz CT molecular complexity index is 855. The minimum absolute atomic E-state index is 0.280. The molecule has 29 heavy (non-hydrogen) atoms. The van der Waals surface area contributed by atoms with E-state index in [-0.39, 0.29) is 12.7 Å². The summed E-state index contributed by atoms with van der Waals surface area (Å²) in [7, 11) is 0. The van der Waals surface area contributed by atoms with Crippen LogP contribution in [0.25, 0.3) is 6.08 Å². The molecule has 7 nitrogen and oxygen atoms in total. The van der Waals surface area contributed by atoms with E-state index in [4.69, 9.17) is 9.94 Å². The van der Waals surface area contributed by atoms with Crippen molar-refractivity contribution in [2.75, 3.05) is 31.1 Å². The lowest BCUT2D eigenvalue weighted by Crippen LogP contribution is -2.48. The average molecular weight is 395 g/mol. The van der Waals surface area contributed by atoms with Gasteiger partial charge in [-0.15, -0.1) is 0 Å². The maximum absolute atomic E-state index is 12.3. The van der Waals surface area contributed by atoms with Gasteiger partial charge in [-0.1, -0.05) is 42.0 Å². The van der Waals surface area contributed by atoms with E-state index >= 15 is 0 Å². The third-order valence-corrected chi connectivity index (χ3v) is 4.82. The second-order valence-corrected chi connectivity index (χ2v) is 6.92. The highest BCUT2D eigenvalue weighted by Crippen LogP contribution is 2.18. The number of benzene rings is 2. The van der Waals surface area contributed by atoms with Crippen LogP contribution >= 0.6 is 0 Å². The number of ether oxygens (including phenoxy) is 1. The highest BCUT2D eigenvalue weighted by molar-refractivity contribution is 5.90. The third kappa shape index (κ3) is 5.83. The minimum Gasteiger partial charge on any atom is -0.445 e. The van der Waals surface area contributed by atoms with Gasteiger partial charge < -0.3 is 14.5 Å². The molecule has 0 radical (unpaired) electrons. The maximum Gasteiger partial charge on any atom is 0.410 e. The number of rotatable bonds is 5. The van der Waals surface area contributed by atoms with Crippen LogP contribution in [0.5, 0.6) is 0 Å². The number of carbonyl (C=O) groups excluding carboxylic acids is 2. The largest absolute Gasteiger partial charge is 0.445 e. The lowest BCUT2D eigenvalue weighted by Gasteiger charge is -2.35. The van der Waals surface area contributed by atoms with Crippen LogP contribution in [-0.2, 0) is 16.1 Å². The quantitative estimate of drug-likeness (QED) is 0.462. The van der Waals surface area contributed by atoms with Crippen molar-refractivity contribution in [2.24, 2.45) is 0 Å². The number of hydrogen-bond acceptors (Lipinski definition) is 5. The molecule has 0 atom stereocenters. The zero-order chi connectivity index (χ0) is 20.6. The van der Waals surface area contributed by atoms with E-state index in [2.05, 4.69) is 4.90 Å². The Kier molecular flexibility index (Phi) is 6.86. The molecule has 1 aliphatic heterocycles. The number of anilines is 1. The van der Waals surface area contributed by atoms with E-state index in [1.165, 1.54) is 11.6 Å². The Morgan fingerprint density at radius 2 is 1.69 bits per heavy atom. The number of carbonyl (C=O) groups is 2. The van der Waals surface area contributed by atoms with Crippen LogP contribution in [0.15, 0.2) is 54.6 Å². The van der Waals surface area contributed by atoms with Crippen molar-refractivity contribution in [3.63, 3.8) is 0 Å². The fraction of sp³-hybridized carbons (Fsp3) is 0.273. The van der Waals surface area contributed by atoms with Crippen LogP contribution in [0.3, 0.4) is 0 Å². The van der Waals surface area contributed by atoms with Crippen LogP contribution in [0, 0.1) is 6.92 Å². The maximum atomic E-state index is 12.3. The molecular formula is C22H25N3O4. The van der Waals surface area contributed by atoms with Gasteiger partial charge in [-0.25, -0.2) is 10.3 Å². The summed E-state index contributed by atoms with van der Waals surface area (Å²) in [5.41, 5.74) is 5.63. The first-order valence-electron chi connectivity index (χ1n) is 9.49. The fourth-order valence-electron chi connectivity index (χ4n) is 3.07. The summed E-state index contributed by atoms with van der Waals surface area (Å²) >= 11 is 0. The topological polar surface area (TPSA) is 82.1 Å². The second kappa shape index (κ2) is 9.75. The van der Waals surface area contributed by atoms with Crippen molar-refractivity contribution in [1.29, 1.82) is 0 Å². The summed E-state index contributed by atoms with van der Waals surface area (Å²) in [5.74, 6) is -0.570. The van der Waals surface area contributed by atoms with Gasteiger partial charge in [-0.05, 0) is 36.3 Å². The zero-order valence-corrected chi connectivity index (χ0v) is 16.4. The van der Waals surface area contributed by atoms with Crippen LogP contribution < -0.4 is 10.4 Å². The molecule has 1 heterocycles. The van der Waals surface area contributed by atoms with Gasteiger partial charge in [-0.2, -0.15) is 0 Å². The van der Waals surface area contributed by atoms with Crippen molar-refractivity contribution >= 4 is 23.8 Å². The van der Waals surface area contributed by atoms with E-state index in [1.54, 1.807) is 16.5 Å². The number of hydroxylamine groups is 1. The molecule has 0 bridgehead atoms. The molecule has 2 amide bonds. The van der Waals surface area contributed by atoms with Gasteiger partial charge in [0.1, 0.15) is 6.61 Å². The van der Waals surface area contributed by atoms with Crippen LogP contribution in [-0.4, -0.2) is 48.3 Å². The summed E-state index contributed by atoms with van der Waals surface area (Å²) < 4.78 is 5.43. The normalized spacial score (nSPS) is 14.1. The molecule has 1 aliphatic rings. The molecule has 0 aromatic heterocycles. The van der Waals surface area contributed by atoms with Crippen molar-refractivity contribution in [1.82, 2.24) is 10.4 Å². The van der Waals surface area contributed by atoms with Gasteiger partial charge in [0.05, 0.1) is 0 Å². The second-order valence-electron chi connectivity index (χ2n) is 6.92. The zero-order valence-electron chi connectivity index (χ0n) is 16.4. The van der Waals surface area contributed by atoms with E-state index < -0.39 is 5.91 Å². The monoisotopic (exact) mass is 395 g/mol. The number of aryl methyl sites for hydroxylation is 1. The average Bonchev–Trinajstić information content (AvgIpc) is 2.77. The molecule has 0 saturated carbocycles. The first-order chi connectivity index (χ1) is 14.0. The summed E-state index contributed by atoms with van der Waals surface area (Å²) in [6, 6.07) is 15.7. The van der Waals surface area contributed by atoms with Crippen molar-refractivity contribution in [3.05, 3.63) is 71.3 Å². The van der Waals surface area contributed by atoms with E-state index in [9.17, 15) is 9.59 Å². The predicted octanol–water partition coefficient (Wildman–Crippen LogP) is 2.97. The Morgan fingerprint density at radius 3 is 2.31 bits per heavy atom. The van der Waals surface area contributed by atoms with Gasteiger partial charge in [0.15, 0.2) is 0 Å². The molecule has 1 saturated heterocycles. The van der Waals surface area contributed by atoms with Crippen LogP contribution in [0.1, 0.15) is 16.7 Å². The number of hydrogen-bond donors (Lipinski definition) is 2. The molecule has 0 aliphatic carbocycles. The summed E-state index contributed by atoms with van der Waals surface area (Å²) in [6.45, 7) is 4.96. The molecule has 7 heteroatoms. The van der Waals surface area contributed by atoms with Crippen LogP contribution in [0.4, 0.5) is 10.5 Å². The minimum atomic E-state index is -0.570. The van der Waals surface area contributed by atoms with Gasteiger partial charge in [0.2, 0.25) is 0 Å². The van der Waals surface area contributed by atoms with E-state index in [1.807, 2.05) is 55.5 Å². The molecule has 0 spiro atoms. The highest BCUT2D eigenvalue weighted by Gasteiger charge is 2.22. The summed E-state index contributed by atoms with van der Waals surface area (Å²) in [6.07, 6.45) is 2.60. The lowest BCUT2D eigenvalue weighted by molar-refractivity contribution is -0.124. The van der Waals surface area contributed by atoms with Crippen molar-refractivity contribution < 1.29 is 19.5 Å². The van der Waals surface area contributed by atoms with Gasteiger partial charge in [0, 0.05) is 37.9 Å². The smallest absolute Gasteiger partial charge is 0.410 e. The lowest BCUT2D eigenvalue weighted by atomic mass is 10.1. The number of nitrogens with one attached hydrogen (secondary N) is 1. The summed E-state index contributed by atoms with van der Waals surface area (Å²) in [4.78, 5) is 27.3. The first-order valence-corrected chi connectivity index (χ1v) is 9.49. The van der Waals surface area contributed by atoms with Crippen LogP contribution in [0.2, 0.25) is 0 Å². The standard InChI is InChI=1S/C22H25N3O4/c1-17-2-4-19(5-3-17)16-29-22(27)25-14-12-24(13-15-25)20-9-6-18(7-10-20)8-11-21(26)23-28/h2-11,28H,12-16H2,1H3,(H,23,26)/b11-8+. The first kappa shape index (κ1) is 20.4. The number of amides is 2. The molecule has 0 unspecified atom stereocenters. The van der Waals surface area contributed by atoms with Crippen molar-refractivity contribution in [2.45, 2.75) is 13.5 Å². The highest BCUT2D eigenvalue weighted by atomic mass is 16.6. The fourth-order valence-corrected chi connectivity index (χ4v) is 3.07. The molecule has 2 aromatic carbocycles. The molecule has 152 valence electrons.